The smallest absolute Gasteiger partial charge is 0.263 e. The minimum absolute atomic E-state index is 0.305. The molecule has 3 aromatic rings. The lowest BCUT2D eigenvalue weighted by atomic mass is 10.1. The standard InChI is InChI=1S/C24H24FN3O4S/c1-17(19-9-11-20(25)12-10-19)26-27-24(29)18(2)28(33(3,30)31)21-13-15-23(16-14-21)32-22-7-5-4-6-8-22/h4-16,18H,1-3H3,(H,27,29)/b26-17-/t18-/m1/s1. The lowest BCUT2D eigenvalue weighted by Gasteiger charge is -2.27. The Morgan fingerprint density at radius 2 is 1.55 bits per heavy atom. The molecule has 0 aliphatic rings. The maximum Gasteiger partial charge on any atom is 0.263 e. The van der Waals surface area contributed by atoms with Crippen LogP contribution in [-0.4, -0.2) is 32.3 Å². The fourth-order valence-electron chi connectivity index (χ4n) is 3.08. The first-order chi connectivity index (χ1) is 15.6. The van der Waals surface area contributed by atoms with Crippen molar-refractivity contribution < 1.29 is 22.3 Å². The summed E-state index contributed by atoms with van der Waals surface area (Å²) in [4.78, 5) is 12.7. The van der Waals surface area contributed by atoms with Crippen LogP contribution in [0.2, 0.25) is 0 Å². The monoisotopic (exact) mass is 469 g/mol. The molecule has 0 saturated carbocycles. The third-order valence-electron chi connectivity index (χ3n) is 4.75. The molecule has 1 N–H and O–H groups in total. The second-order valence-corrected chi connectivity index (χ2v) is 9.18. The number of hydrazone groups is 1. The van der Waals surface area contributed by atoms with E-state index in [0.717, 1.165) is 10.6 Å². The molecule has 3 aromatic carbocycles. The third-order valence-corrected chi connectivity index (χ3v) is 6.00. The van der Waals surface area contributed by atoms with Crippen LogP contribution in [0.3, 0.4) is 0 Å². The number of nitrogens with one attached hydrogen (secondary N) is 1. The van der Waals surface area contributed by atoms with Crippen LogP contribution in [0.15, 0.2) is 84.0 Å². The Labute approximate surface area is 192 Å². The van der Waals surface area contributed by atoms with Crippen LogP contribution in [0.4, 0.5) is 10.1 Å². The SMILES string of the molecule is C/C(=N/NC(=O)[C@@H](C)N(c1ccc(Oc2ccccc2)cc1)S(C)(=O)=O)c1ccc(F)cc1. The summed E-state index contributed by atoms with van der Waals surface area (Å²) in [5.74, 6) is 0.169. The van der Waals surface area contributed by atoms with Gasteiger partial charge in [-0.1, -0.05) is 30.3 Å². The van der Waals surface area contributed by atoms with Crippen molar-refractivity contribution in [2.24, 2.45) is 5.10 Å². The van der Waals surface area contributed by atoms with Gasteiger partial charge in [-0.05, 0) is 67.9 Å². The fourth-order valence-corrected chi connectivity index (χ4v) is 4.26. The Balaban J connectivity index is 1.75. The number of benzene rings is 3. The normalized spacial score (nSPS) is 12.7. The van der Waals surface area contributed by atoms with Crippen molar-refractivity contribution in [2.45, 2.75) is 19.9 Å². The molecule has 0 aliphatic carbocycles. The summed E-state index contributed by atoms with van der Waals surface area (Å²) in [5, 5.41) is 4.02. The van der Waals surface area contributed by atoms with Crippen molar-refractivity contribution in [3.8, 4) is 11.5 Å². The van der Waals surface area contributed by atoms with E-state index in [1.54, 1.807) is 43.3 Å². The molecule has 3 rings (SSSR count). The second-order valence-electron chi connectivity index (χ2n) is 7.32. The third kappa shape index (κ3) is 6.39. The lowest BCUT2D eigenvalue weighted by molar-refractivity contribution is -0.121. The minimum Gasteiger partial charge on any atom is -0.457 e. The van der Waals surface area contributed by atoms with Crippen LogP contribution >= 0.6 is 0 Å². The molecule has 1 atom stereocenters. The van der Waals surface area contributed by atoms with Gasteiger partial charge in [-0.25, -0.2) is 18.2 Å². The van der Waals surface area contributed by atoms with Gasteiger partial charge in [0.15, 0.2) is 0 Å². The zero-order valence-corrected chi connectivity index (χ0v) is 19.2. The highest BCUT2D eigenvalue weighted by Crippen LogP contribution is 2.26. The van der Waals surface area contributed by atoms with E-state index in [4.69, 9.17) is 4.74 Å². The first-order valence-electron chi connectivity index (χ1n) is 10.1. The highest BCUT2D eigenvalue weighted by molar-refractivity contribution is 7.92. The number of rotatable bonds is 8. The molecular weight excluding hydrogens is 445 g/mol. The molecule has 172 valence electrons. The number of amides is 1. The summed E-state index contributed by atoms with van der Waals surface area (Å²) < 4.78 is 44.8. The Hall–Kier alpha value is -3.72. The van der Waals surface area contributed by atoms with Gasteiger partial charge in [0.25, 0.3) is 5.91 Å². The second kappa shape index (κ2) is 10.3. The molecule has 0 fully saturated rings. The van der Waals surface area contributed by atoms with Crippen LogP contribution in [0.25, 0.3) is 0 Å². The molecule has 1 amide bonds. The molecule has 0 heterocycles. The first-order valence-corrected chi connectivity index (χ1v) is 11.9. The molecule has 0 saturated heterocycles. The predicted octanol–water partition coefficient (Wildman–Crippen LogP) is 4.31. The number of hydrogen-bond donors (Lipinski definition) is 1. The van der Waals surface area contributed by atoms with E-state index in [-0.39, 0.29) is 5.82 Å². The van der Waals surface area contributed by atoms with Crippen LogP contribution in [0.5, 0.6) is 11.5 Å². The molecule has 33 heavy (non-hydrogen) atoms. The fraction of sp³-hybridized carbons (Fsp3) is 0.167. The summed E-state index contributed by atoms with van der Waals surface area (Å²) in [5.41, 5.74) is 3.76. The molecule has 0 aromatic heterocycles. The minimum atomic E-state index is -3.79. The topological polar surface area (TPSA) is 88.1 Å². The van der Waals surface area contributed by atoms with Gasteiger partial charge in [0.1, 0.15) is 23.4 Å². The molecule has 0 radical (unpaired) electrons. The lowest BCUT2D eigenvalue weighted by Crippen LogP contribution is -2.46. The van der Waals surface area contributed by atoms with Gasteiger partial charge >= 0.3 is 0 Å². The van der Waals surface area contributed by atoms with Crippen molar-refractivity contribution in [3.63, 3.8) is 0 Å². The number of nitrogens with zero attached hydrogens (tertiary/aromatic N) is 2. The number of halogens is 1. The van der Waals surface area contributed by atoms with Crippen molar-refractivity contribution in [3.05, 3.63) is 90.2 Å². The number of carbonyl (C=O) groups excluding carboxylic acids is 1. The average molecular weight is 470 g/mol. The predicted molar refractivity (Wildman–Crippen MR) is 126 cm³/mol. The molecule has 0 spiro atoms. The van der Waals surface area contributed by atoms with E-state index in [1.807, 2.05) is 18.2 Å². The van der Waals surface area contributed by atoms with Crippen molar-refractivity contribution in [1.82, 2.24) is 5.43 Å². The number of para-hydroxylation sites is 1. The van der Waals surface area contributed by atoms with Crippen molar-refractivity contribution in [2.75, 3.05) is 10.6 Å². The molecule has 0 unspecified atom stereocenters. The number of sulfonamides is 1. The number of hydrogen-bond acceptors (Lipinski definition) is 5. The van der Waals surface area contributed by atoms with Crippen LogP contribution in [0.1, 0.15) is 19.4 Å². The van der Waals surface area contributed by atoms with Crippen molar-refractivity contribution in [1.29, 1.82) is 0 Å². The van der Waals surface area contributed by atoms with E-state index in [2.05, 4.69) is 10.5 Å². The van der Waals surface area contributed by atoms with Crippen molar-refractivity contribution >= 4 is 27.3 Å². The maximum atomic E-state index is 13.1. The van der Waals surface area contributed by atoms with Crippen LogP contribution < -0.4 is 14.5 Å². The van der Waals surface area contributed by atoms with E-state index in [1.165, 1.54) is 31.2 Å². The molecule has 7 nitrogen and oxygen atoms in total. The average Bonchev–Trinajstić information content (AvgIpc) is 2.78. The summed E-state index contributed by atoms with van der Waals surface area (Å²) in [6, 6.07) is 20.1. The summed E-state index contributed by atoms with van der Waals surface area (Å²) in [7, 11) is -3.79. The first kappa shape index (κ1) is 23.9. The zero-order valence-electron chi connectivity index (χ0n) is 18.4. The number of anilines is 1. The van der Waals surface area contributed by atoms with Crippen LogP contribution in [-0.2, 0) is 14.8 Å². The van der Waals surface area contributed by atoms with E-state index >= 15 is 0 Å². The zero-order chi connectivity index (χ0) is 24.0. The van der Waals surface area contributed by atoms with Gasteiger partial charge in [0.2, 0.25) is 10.0 Å². The quantitative estimate of drug-likeness (QED) is 0.393. The van der Waals surface area contributed by atoms with E-state index in [9.17, 15) is 17.6 Å². The largest absolute Gasteiger partial charge is 0.457 e. The highest BCUT2D eigenvalue weighted by Gasteiger charge is 2.29. The van der Waals surface area contributed by atoms with E-state index < -0.39 is 22.0 Å². The molecule has 0 aliphatic heterocycles. The maximum absolute atomic E-state index is 13.1. The highest BCUT2D eigenvalue weighted by atomic mass is 32.2. The summed E-state index contributed by atoms with van der Waals surface area (Å²) in [6.45, 7) is 3.12. The molecule has 0 bridgehead atoms. The Morgan fingerprint density at radius 3 is 2.12 bits per heavy atom. The van der Waals surface area contributed by atoms with E-state index in [0.29, 0.717) is 28.5 Å². The summed E-state index contributed by atoms with van der Waals surface area (Å²) >= 11 is 0. The Kier molecular flexibility index (Phi) is 7.44. The van der Waals surface area contributed by atoms with Gasteiger partial charge < -0.3 is 4.74 Å². The molecular formula is C24H24FN3O4S. The van der Waals surface area contributed by atoms with Gasteiger partial charge in [0.05, 0.1) is 17.7 Å². The van der Waals surface area contributed by atoms with Gasteiger partial charge in [0, 0.05) is 0 Å². The number of carbonyl (C=O) groups is 1. The Bertz CT molecular complexity index is 1230. The van der Waals surface area contributed by atoms with Gasteiger partial charge in [-0.2, -0.15) is 5.10 Å². The molecule has 9 heteroatoms. The van der Waals surface area contributed by atoms with Crippen LogP contribution in [0, 0.1) is 5.82 Å². The Morgan fingerprint density at radius 1 is 0.970 bits per heavy atom. The summed E-state index contributed by atoms with van der Waals surface area (Å²) in [6.07, 6.45) is 1.03. The van der Waals surface area contributed by atoms with Gasteiger partial charge in [-0.15, -0.1) is 0 Å². The van der Waals surface area contributed by atoms with Gasteiger partial charge in [-0.3, -0.25) is 9.10 Å². The number of ether oxygens (including phenoxy) is 1.